The summed E-state index contributed by atoms with van der Waals surface area (Å²) in [4.78, 5) is 11.1. The maximum atomic E-state index is 11.1. The number of carbonyl (C=O) groups is 1. The van der Waals surface area contributed by atoms with E-state index < -0.39 is 0 Å². The van der Waals surface area contributed by atoms with Crippen molar-refractivity contribution in [1.29, 1.82) is 0 Å². The molecule has 10 heavy (non-hydrogen) atoms. The fourth-order valence-corrected chi connectivity index (χ4v) is 3.28. The highest BCUT2D eigenvalue weighted by Crippen LogP contribution is 2.40. The zero-order chi connectivity index (χ0) is 7.14. The van der Waals surface area contributed by atoms with Crippen LogP contribution in [0.15, 0.2) is 0 Å². The van der Waals surface area contributed by atoms with Crippen LogP contribution in [0, 0.1) is 5.92 Å². The number of amides is 1. The van der Waals surface area contributed by atoms with Crippen LogP contribution in [-0.2, 0) is 4.79 Å². The summed E-state index contributed by atoms with van der Waals surface area (Å²) in [6, 6.07) is 0. The molecule has 3 atom stereocenters. The van der Waals surface area contributed by atoms with Crippen molar-refractivity contribution in [3.63, 3.8) is 0 Å². The Kier molecular flexibility index (Phi) is 1.41. The number of rotatable bonds is 0. The molecule has 0 bridgehead atoms. The molecule has 2 aliphatic rings. The molecule has 2 fully saturated rings. The molecule has 2 aliphatic heterocycles. The SMILES string of the molecule is CC1CC2C(=O)NCC2S1. The zero-order valence-corrected chi connectivity index (χ0v) is 6.78. The summed E-state index contributed by atoms with van der Waals surface area (Å²) in [5.74, 6) is 0.613. The first-order valence-electron chi connectivity index (χ1n) is 3.70. The van der Waals surface area contributed by atoms with Crippen LogP contribution in [0.4, 0.5) is 0 Å². The van der Waals surface area contributed by atoms with Gasteiger partial charge in [-0.1, -0.05) is 6.92 Å². The average molecular weight is 157 g/mol. The maximum Gasteiger partial charge on any atom is 0.224 e. The molecule has 0 radical (unpaired) electrons. The Balaban J connectivity index is 2.12. The predicted molar refractivity (Wildman–Crippen MR) is 42.0 cm³/mol. The van der Waals surface area contributed by atoms with Crippen molar-refractivity contribution >= 4 is 17.7 Å². The van der Waals surface area contributed by atoms with Crippen molar-refractivity contribution < 1.29 is 4.79 Å². The largest absolute Gasteiger partial charge is 0.355 e. The van der Waals surface area contributed by atoms with Crippen LogP contribution in [0.2, 0.25) is 0 Å². The average Bonchev–Trinajstić information content (AvgIpc) is 2.35. The molecular weight excluding hydrogens is 146 g/mol. The monoisotopic (exact) mass is 157 g/mol. The van der Waals surface area contributed by atoms with Gasteiger partial charge < -0.3 is 5.32 Å². The summed E-state index contributed by atoms with van der Waals surface area (Å²) >= 11 is 1.96. The fraction of sp³-hybridized carbons (Fsp3) is 0.857. The molecular formula is C7H11NOS. The second-order valence-corrected chi connectivity index (χ2v) is 4.75. The van der Waals surface area contributed by atoms with Gasteiger partial charge in [0.1, 0.15) is 0 Å². The number of thioether (sulfide) groups is 1. The second kappa shape index (κ2) is 2.16. The molecule has 1 amide bonds. The topological polar surface area (TPSA) is 29.1 Å². The lowest BCUT2D eigenvalue weighted by Gasteiger charge is -2.01. The van der Waals surface area contributed by atoms with Crippen molar-refractivity contribution in [3.05, 3.63) is 0 Å². The van der Waals surface area contributed by atoms with Gasteiger partial charge in [-0.25, -0.2) is 0 Å². The molecule has 1 N–H and O–H groups in total. The Morgan fingerprint density at radius 1 is 1.70 bits per heavy atom. The van der Waals surface area contributed by atoms with Gasteiger partial charge in [-0.2, -0.15) is 11.8 Å². The molecule has 0 aromatic rings. The number of fused-ring (bicyclic) bond motifs is 1. The van der Waals surface area contributed by atoms with Crippen LogP contribution in [0.5, 0.6) is 0 Å². The van der Waals surface area contributed by atoms with Crippen LogP contribution in [0.3, 0.4) is 0 Å². The van der Waals surface area contributed by atoms with Gasteiger partial charge in [0.25, 0.3) is 0 Å². The smallest absolute Gasteiger partial charge is 0.224 e. The lowest BCUT2D eigenvalue weighted by Crippen LogP contribution is -2.19. The Morgan fingerprint density at radius 2 is 2.50 bits per heavy atom. The van der Waals surface area contributed by atoms with Gasteiger partial charge in [-0.05, 0) is 6.42 Å². The Bertz CT molecular complexity index is 171. The van der Waals surface area contributed by atoms with Crippen LogP contribution < -0.4 is 5.32 Å². The second-order valence-electron chi connectivity index (χ2n) is 3.07. The first-order chi connectivity index (χ1) is 4.77. The van der Waals surface area contributed by atoms with Crippen LogP contribution in [-0.4, -0.2) is 23.0 Å². The normalized spacial score (nSPS) is 45.3. The molecule has 0 saturated carbocycles. The summed E-state index contributed by atoms with van der Waals surface area (Å²) in [5, 5.41) is 4.16. The van der Waals surface area contributed by atoms with Gasteiger partial charge in [0.2, 0.25) is 5.91 Å². The van der Waals surface area contributed by atoms with E-state index in [0.29, 0.717) is 16.4 Å². The van der Waals surface area contributed by atoms with E-state index in [1.165, 1.54) is 0 Å². The van der Waals surface area contributed by atoms with Gasteiger partial charge in [-0.15, -0.1) is 0 Å². The van der Waals surface area contributed by atoms with E-state index in [9.17, 15) is 4.79 Å². The summed E-state index contributed by atoms with van der Waals surface area (Å²) in [6.45, 7) is 3.11. The van der Waals surface area contributed by atoms with E-state index >= 15 is 0 Å². The minimum Gasteiger partial charge on any atom is -0.355 e. The van der Waals surface area contributed by atoms with Gasteiger partial charge in [0.15, 0.2) is 0 Å². The first-order valence-corrected chi connectivity index (χ1v) is 4.65. The third-order valence-electron chi connectivity index (χ3n) is 2.26. The molecule has 2 saturated heterocycles. The van der Waals surface area contributed by atoms with Gasteiger partial charge in [0, 0.05) is 17.0 Å². The molecule has 0 spiro atoms. The van der Waals surface area contributed by atoms with Crippen molar-refractivity contribution in [2.75, 3.05) is 6.54 Å². The highest BCUT2D eigenvalue weighted by Gasteiger charge is 2.41. The predicted octanol–water partition coefficient (Wildman–Crippen LogP) is 0.626. The van der Waals surface area contributed by atoms with Gasteiger partial charge >= 0.3 is 0 Å². The Hall–Kier alpha value is -0.180. The van der Waals surface area contributed by atoms with Crippen LogP contribution in [0.25, 0.3) is 0 Å². The zero-order valence-electron chi connectivity index (χ0n) is 5.96. The highest BCUT2D eigenvalue weighted by atomic mass is 32.2. The van der Waals surface area contributed by atoms with E-state index in [0.717, 1.165) is 13.0 Å². The molecule has 2 rings (SSSR count). The van der Waals surface area contributed by atoms with E-state index in [4.69, 9.17) is 0 Å². The molecule has 2 heterocycles. The molecule has 0 aromatic heterocycles. The standard InChI is InChI=1S/C7H11NOS/c1-4-2-5-6(10-4)3-8-7(5)9/h4-6H,2-3H2,1H3,(H,8,9). The molecule has 3 unspecified atom stereocenters. The van der Waals surface area contributed by atoms with Crippen molar-refractivity contribution in [2.24, 2.45) is 5.92 Å². The van der Waals surface area contributed by atoms with E-state index in [1.807, 2.05) is 11.8 Å². The maximum absolute atomic E-state index is 11.1. The quantitative estimate of drug-likeness (QED) is 0.558. The van der Waals surface area contributed by atoms with Crippen molar-refractivity contribution in [2.45, 2.75) is 23.8 Å². The summed E-state index contributed by atoms with van der Waals surface area (Å²) in [5.41, 5.74) is 0. The lowest BCUT2D eigenvalue weighted by molar-refractivity contribution is -0.122. The Labute approximate surface area is 64.8 Å². The number of carbonyl (C=O) groups excluding carboxylic acids is 1. The number of hydrogen-bond donors (Lipinski definition) is 1. The van der Waals surface area contributed by atoms with Gasteiger partial charge in [0.05, 0.1) is 5.92 Å². The third kappa shape index (κ3) is 0.839. The Morgan fingerprint density at radius 3 is 3.20 bits per heavy atom. The van der Waals surface area contributed by atoms with Gasteiger partial charge in [-0.3, -0.25) is 4.79 Å². The lowest BCUT2D eigenvalue weighted by atomic mass is 10.0. The molecule has 56 valence electrons. The van der Waals surface area contributed by atoms with E-state index in [-0.39, 0.29) is 5.91 Å². The molecule has 2 nitrogen and oxygen atoms in total. The molecule has 3 heteroatoms. The van der Waals surface area contributed by atoms with E-state index in [1.54, 1.807) is 0 Å². The van der Waals surface area contributed by atoms with Crippen LogP contribution >= 0.6 is 11.8 Å². The summed E-state index contributed by atoms with van der Waals surface area (Å²) < 4.78 is 0. The fourth-order valence-electron chi connectivity index (χ4n) is 1.76. The first kappa shape index (κ1) is 6.53. The van der Waals surface area contributed by atoms with E-state index in [2.05, 4.69) is 12.2 Å². The number of nitrogens with one attached hydrogen (secondary N) is 1. The van der Waals surface area contributed by atoms with Crippen molar-refractivity contribution in [1.82, 2.24) is 5.32 Å². The minimum absolute atomic E-state index is 0.279. The third-order valence-corrected chi connectivity index (χ3v) is 3.76. The number of hydrogen-bond acceptors (Lipinski definition) is 2. The summed E-state index contributed by atoms with van der Waals surface area (Å²) in [6.07, 6.45) is 1.08. The highest BCUT2D eigenvalue weighted by molar-refractivity contribution is 8.00. The molecule has 0 aromatic carbocycles. The molecule has 0 aliphatic carbocycles. The summed E-state index contributed by atoms with van der Waals surface area (Å²) in [7, 11) is 0. The minimum atomic E-state index is 0.279. The van der Waals surface area contributed by atoms with Crippen molar-refractivity contribution in [3.8, 4) is 0 Å². The van der Waals surface area contributed by atoms with Crippen LogP contribution in [0.1, 0.15) is 13.3 Å².